The van der Waals surface area contributed by atoms with Crippen LogP contribution < -0.4 is 20.1 Å². The number of nitrogens with zero attached hydrogens (tertiary/aromatic N) is 1. The van der Waals surface area contributed by atoms with Crippen LogP contribution in [-0.4, -0.2) is 43.8 Å². The van der Waals surface area contributed by atoms with Crippen molar-refractivity contribution in [3.05, 3.63) is 72.7 Å². The number of hydrogen-bond acceptors (Lipinski definition) is 7. The Kier molecular flexibility index (Phi) is 7.57. The van der Waals surface area contributed by atoms with Gasteiger partial charge in [-0.25, -0.2) is 17.8 Å². The van der Waals surface area contributed by atoms with Gasteiger partial charge in [-0.05, 0) is 42.5 Å². The molecule has 0 spiro atoms. The molecule has 0 atom stereocenters. The molecule has 0 aliphatic carbocycles. The number of methoxy groups -OCH3 is 1. The third-order valence-electron chi connectivity index (χ3n) is 4.13. The number of amides is 2. The molecule has 2 N–H and O–H groups in total. The monoisotopic (exact) mass is 473 g/mol. The number of pyridine rings is 1. The lowest BCUT2D eigenvalue weighted by atomic mass is 10.3. The van der Waals surface area contributed by atoms with Crippen LogP contribution >= 0.6 is 0 Å². The third kappa shape index (κ3) is 7.28. The molecule has 0 bridgehead atoms. The van der Waals surface area contributed by atoms with Crippen molar-refractivity contribution >= 4 is 33.0 Å². The average molecular weight is 473 g/mol. The highest BCUT2D eigenvalue weighted by Gasteiger charge is 2.21. The average Bonchev–Trinajstić information content (AvgIpc) is 2.76. The minimum Gasteiger partial charge on any atom is -0.493 e. The summed E-state index contributed by atoms with van der Waals surface area (Å²) in [6.45, 7) is 0. The smallest absolute Gasteiger partial charge is 0.239 e. The van der Waals surface area contributed by atoms with Gasteiger partial charge < -0.3 is 20.1 Å². The van der Waals surface area contributed by atoms with Crippen LogP contribution in [0.4, 0.5) is 15.8 Å². The van der Waals surface area contributed by atoms with Gasteiger partial charge in [-0.1, -0.05) is 12.1 Å². The lowest BCUT2D eigenvalue weighted by molar-refractivity contribution is -0.114. The number of benzene rings is 2. The van der Waals surface area contributed by atoms with Gasteiger partial charge in [-0.2, -0.15) is 0 Å². The van der Waals surface area contributed by atoms with Crippen molar-refractivity contribution in [3.63, 3.8) is 0 Å². The number of nitrogens with one attached hydrogen (secondary N) is 2. The van der Waals surface area contributed by atoms with Crippen molar-refractivity contribution in [3.8, 4) is 17.4 Å². The molecule has 3 aromatic rings. The van der Waals surface area contributed by atoms with Crippen molar-refractivity contribution < 1.29 is 31.9 Å². The SMILES string of the molecule is COc1ccccc1Oc1ccc(NC(=O)CS(=O)(=O)CC(=O)Nc2ccc(F)cc2)cn1. The van der Waals surface area contributed by atoms with Crippen molar-refractivity contribution in [2.45, 2.75) is 0 Å². The predicted molar refractivity (Wildman–Crippen MR) is 120 cm³/mol. The maximum absolute atomic E-state index is 12.9. The molecule has 3 rings (SSSR count). The maximum Gasteiger partial charge on any atom is 0.239 e. The highest BCUT2D eigenvalue weighted by atomic mass is 32.2. The summed E-state index contributed by atoms with van der Waals surface area (Å²) in [5, 5.41) is 4.74. The Balaban J connectivity index is 1.52. The molecule has 1 aromatic heterocycles. The van der Waals surface area contributed by atoms with E-state index < -0.39 is 39.0 Å². The molecule has 0 fully saturated rings. The topological polar surface area (TPSA) is 124 Å². The van der Waals surface area contributed by atoms with Crippen LogP contribution in [0.15, 0.2) is 66.9 Å². The molecule has 0 radical (unpaired) electrons. The van der Waals surface area contributed by atoms with Gasteiger partial charge in [-0.15, -0.1) is 0 Å². The van der Waals surface area contributed by atoms with E-state index in [0.29, 0.717) is 11.5 Å². The lowest BCUT2D eigenvalue weighted by Crippen LogP contribution is -2.30. The second kappa shape index (κ2) is 10.6. The van der Waals surface area contributed by atoms with Gasteiger partial charge in [0, 0.05) is 11.8 Å². The van der Waals surface area contributed by atoms with Crippen molar-refractivity contribution in [2.75, 3.05) is 29.2 Å². The summed E-state index contributed by atoms with van der Waals surface area (Å²) in [5.41, 5.74) is 0.487. The van der Waals surface area contributed by atoms with E-state index in [1.54, 1.807) is 24.3 Å². The summed E-state index contributed by atoms with van der Waals surface area (Å²) in [4.78, 5) is 28.1. The van der Waals surface area contributed by atoms with Crippen LogP contribution in [0.1, 0.15) is 0 Å². The molecule has 2 aromatic carbocycles. The molecule has 0 saturated heterocycles. The molecule has 0 aliphatic heterocycles. The Morgan fingerprint density at radius 2 is 1.45 bits per heavy atom. The fourth-order valence-corrected chi connectivity index (χ4v) is 3.75. The van der Waals surface area contributed by atoms with Crippen LogP contribution in [0, 0.1) is 5.82 Å². The van der Waals surface area contributed by atoms with Crippen molar-refractivity contribution in [2.24, 2.45) is 0 Å². The third-order valence-corrected chi connectivity index (χ3v) is 5.54. The molecule has 0 aliphatic rings. The fraction of sp³-hybridized carbons (Fsp3) is 0.136. The molecule has 2 amide bonds. The number of rotatable bonds is 9. The molecule has 0 unspecified atom stereocenters. The predicted octanol–water partition coefficient (Wildman–Crippen LogP) is 3.01. The van der Waals surface area contributed by atoms with Gasteiger partial charge in [0.1, 0.15) is 17.3 Å². The largest absolute Gasteiger partial charge is 0.493 e. The summed E-state index contributed by atoms with van der Waals surface area (Å²) in [7, 11) is -2.53. The Morgan fingerprint density at radius 3 is 2.03 bits per heavy atom. The van der Waals surface area contributed by atoms with Gasteiger partial charge in [0.15, 0.2) is 21.3 Å². The molecule has 1 heterocycles. The molecule has 33 heavy (non-hydrogen) atoms. The Bertz CT molecular complexity index is 1230. The van der Waals surface area contributed by atoms with Crippen LogP contribution in [0.25, 0.3) is 0 Å². The summed E-state index contributed by atoms with van der Waals surface area (Å²) in [6, 6.07) is 14.8. The number of ether oxygens (including phenoxy) is 2. The summed E-state index contributed by atoms with van der Waals surface area (Å²) in [5.74, 6) is -2.75. The van der Waals surface area contributed by atoms with Gasteiger partial charge >= 0.3 is 0 Å². The van der Waals surface area contributed by atoms with Gasteiger partial charge in [0.2, 0.25) is 17.7 Å². The molecule has 9 nitrogen and oxygen atoms in total. The highest BCUT2D eigenvalue weighted by Crippen LogP contribution is 2.30. The molecular weight excluding hydrogens is 453 g/mol. The van der Waals surface area contributed by atoms with Gasteiger partial charge in [0.05, 0.1) is 19.0 Å². The first-order chi connectivity index (χ1) is 15.7. The van der Waals surface area contributed by atoms with E-state index in [1.165, 1.54) is 37.6 Å². The number of sulfone groups is 1. The van der Waals surface area contributed by atoms with Crippen LogP contribution in [0.5, 0.6) is 17.4 Å². The summed E-state index contributed by atoms with van der Waals surface area (Å²) >= 11 is 0. The number of carbonyl (C=O) groups excluding carboxylic acids is 2. The fourth-order valence-electron chi connectivity index (χ4n) is 2.71. The maximum atomic E-state index is 12.9. The van der Waals surface area contributed by atoms with Crippen LogP contribution in [0.3, 0.4) is 0 Å². The van der Waals surface area contributed by atoms with E-state index >= 15 is 0 Å². The standard InChI is InChI=1S/C22H20FN3O6S/c1-31-18-4-2-3-5-19(18)32-22-11-10-17(12-24-22)26-21(28)14-33(29,30)13-20(27)25-16-8-6-15(23)7-9-16/h2-12H,13-14H2,1H3,(H,25,27)(H,26,28). The number of halogens is 1. The lowest BCUT2D eigenvalue weighted by Gasteiger charge is -2.10. The van der Waals surface area contributed by atoms with Crippen LogP contribution in [0.2, 0.25) is 0 Å². The second-order valence-electron chi connectivity index (χ2n) is 6.77. The first kappa shape index (κ1) is 23.7. The summed E-state index contributed by atoms with van der Waals surface area (Å²) in [6.07, 6.45) is 1.30. The zero-order valence-corrected chi connectivity index (χ0v) is 18.3. The van der Waals surface area contributed by atoms with E-state index in [1.807, 2.05) is 0 Å². The number of hydrogen-bond donors (Lipinski definition) is 2. The van der Waals surface area contributed by atoms with Gasteiger partial charge in [-0.3, -0.25) is 9.59 Å². The van der Waals surface area contributed by atoms with E-state index in [0.717, 1.165) is 12.1 Å². The van der Waals surface area contributed by atoms with Crippen LogP contribution in [-0.2, 0) is 19.4 Å². The Morgan fingerprint density at radius 1 is 0.879 bits per heavy atom. The number of para-hydroxylation sites is 2. The zero-order valence-electron chi connectivity index (χ0n) is 17.4. The number of carbonyl (C=O) groups is 2. The minimum atomic E-state index is -4.04. The first-order valence-electron chi connectivity index (χ1n) is 9.57. The molecular formula is C22H20FN3O6S. The van der Waals surface area contributed by atoms with Gasteiger partial charge in [0.25, 0.3) is 0 Å². The first-order valence-corrected chi connectivity index (χ1v) is 11.4. The van der Waals surface area contributed by atoms with Crippen molar-refractivity contribution in [1.82, 2.24) is 4.98 Å². The van der Waals surface area contributed by atoms with E-state index in [-0.39, 0.29) is 17.3 Å². The molecule has 172 valence electrons. The quantitative estimate of drug-likeness (QED) is 0.490. The zero-order chi connectivity index (χ0) is 23.8. The number of aromatic nitrogens is 1. The minimum absolute atomic E-state index is 0.238. The van der Waals surface area contributed by atoms with Crippen molar-refractivity contribution in [1.29, 1.82) is 0 Å². The van der Waals surface area contributed by atoms with E-state index in [4.69, 9.17) is 9.47 Å². The van der Waals surface area contributed by atoms with E-state index in [2.05, 4.69) is 15.6 Å². The Labute approximate surface area is 189 Å². The highest BCUT2D eigenvalue weighted by molar-refractivity contribution is 7.92. The molecule has 0 saturated carbocycles. The Hall–Kier alpha value is -3.99. The summed E-state index contributed by atoms with van der Waals surface area (Å²) < 4.78 is 48.1. The second-order valence-corrected chi connectivity index (χ2v) is 8.84. The van der Waals surface area contributed by atoms with E-state index in [9.17, 15) is 22.4 Å². The normalized spacial score (nSPS) is 10.8. The number of anilines is 2. The molecule has 11 heteroatoms.